The van der Waals surface area contributed by atoms with Gasteiger partial charge in [-0.2, -0.15) is 0 Å². The number of rotatable bonds is 6. The fourth-order valence-corrected chi connectivity index (χ4v) is 4.17. The van der Waals surface area contributed by atoms with Crippen molar-refractivity contribution >= 4 is 0 Å². The van der Waals surface area contributed by atoms with Crippen molar-refractivity contribution in [1.29, 1.82) is 0 Å². The highest BCUT2D eigenvalue weighted by atomic mass is 19.2. The molecule has 0 unspecified atom stereocenters. The van der Waals surface area contributed by atoms with Gasteiger partial charge < -0.3 is 0 Å². The van der Waals surface area contributed by atoms with Crippen LogP contribution >= 0.6 is 0 Å². The molecule has 0 heterocycles. The van der Waals surface area contributed by atoms with Gasteiger partial charge in [-0.25, -0.2) is 13.2 Å². The van der Waals surface area contributed by atoms with E-state index in [-0.39, 0.29) is 0 Å². The van der Waals surface area contributed by atoms with Gasteiger partial charge in [-0.1, -0.05) is 69.7 Å². The lowest BCUT2D eigenvalue weighted by Gasteiger charge is -2.28. The van der Waals surface area contributed by atoms with Gasteiger partial charge in [-0.3, -0.25) is 0 Å². The molecule has 1 aliphatic rings. The Bertz CT molecular complexity index is 690. The Balaban J connectivity index is 1.55. The molecule has 2 aromatic rings. The summed E-state index contributed by atoms with van der Waals surface area (Å²) < 4.78 is 39.9. The van der Waals surface area contributed by atoms with Gasteiger partial charge in [0.1, 0.15) is 0 Å². The predicted octanol–water partition coefficient (Wildman–Crippen LogP) is 7.31. The fourth-order valence-electron chi connectivity index (χ4n) is 4.17. The van der Waals surface area contributed by atoms with Crippen molar-refractivity contribution in [3.63, 3.8) is 0 Å². The van der Waals surface area contributed by atoms with Crippen LogP contribution in [0.25, 0.3) is 11.1 Å². The van der Waals surface area contributed by atoms with E-state index in [1.54, 1.807) is 0 Å². The van der Waals surface area contributed by atoms with Crippen molar-refractivity contribution in [2.45, 2.75) is 58.3 Å². The Hall–Kier alpha value is -1.77. The maximum atomic E-state index is 13.4. The molecule has 0 radical (unpaired) electrons. The van der Waals surface area contributed by atoms with E-state index >= 15 is 0 Å². The zero-order valence-corrected chi connectivity index (χ0v) is 15.4. The molecule has 0 amide bonds. The highest BCUT2D eigenvalue weighted by molar-refractivity contribution is 5.63. The smallest absolute Gasteiger partial charge is 0.194 e. The molecule has 3 heteroatoms. The summed E-state index contributed by atoms with van der Waals surface area (Å²) in [6, 6.07) is 9.83. The van der Waals surface area contributed by atoms with Gasteiger partial charge in [0, 0.05) is 0 Å². The summed E-state index contributed by atoms with van der Waals surface area (Å²) in [5, 5.41) is 0. The molecule has 0 N–H and O–H groups in total. The zero-order valence-electron chi connectivity index (χ0n) is 15.4. The number of benzene rings is 2. The van der Waals surface area contributed by atoms with Crippen LogP contribution in [0.15, 0.2) is 36.4 Å². The summed E-state index contributed by atoms with van der Waals surface area (Å²) in [4.78, 5) is 0. The van der Waals surface area contributed by atoms with Crippen LogP contribution in [0.4, 0.5) is 13.2 Å². The van der Waals surface area contributed by atoms with Crippen LogP contribution in [0.1, 0.15) is 57.4 Å². The maximum absolute atomic E-state index is 13.4. The first kappa shape index (κ1) is 19.0. The second-order valence-corrected chi connectivity index (χ2v) is 7.66. The minimum atomic E-state index is -1.42. The molecule has 1 fully saturated rings. The quantitative estimate of drug-likeness (QED) is 0.474. The minimum absolute atomic E-state index is 0.363. The topological polar surface area (TPSA) is 0 Å². The Morgan fingerprint density at radius 1 is 0.769 bits per heavy atom. The first-order chi connectivity index (χ1) is 12.6. The van der Waals surface area contributed by atoms with Gasteiger partial charge in [-0.15, -0.1) is 0 Å². The largest absolute Gasteiger partial charge is 0.204 e. The van der Waals surface area contributed by atoms with Gasteiger partial charge in [0.2, 0.25) is 0 Å². The molecule has 0 aromatic heterocycles. The van der Waals surface area contributed by atoms with Crippen LogP contribution in [-0.2, 0) is 6.42 Å². The maximum Gasteiger partial charge on any atom is 0.194 e. The van der Waals surface area contributed by atoms with Gasteiger partial charge >= 0.3 is 0 Å². The SMILES string of the molecule is CCCC1CCC(CCc2ccc(-c3cc(F)c(F)c(F)c3)cc2)CC1. The van der Waals surface area contributed by atoms with Gasteiger partial charge in [0.15, 0.2) is 17.5 Å². The van der Waals surface area contributed by atoms with Crippen LogP contribution in [-0.4, -0.2) is 0 Å². The summed E-state index contributed by atoms with van der Waals surface area (Å²) >= 11 is 0. The molecule has 0 nitrogen and oxygen atoms in total. The van der Waals surface area contributed by atoms with E-state index in [0.717, 1.165) is 30.4 Å². The lowest BCUT2D eigenvalue weighted by atomic mass is 9.78. The highest BCUT2D eigenvalue weighted by Gasteiger charge is 2.20. The molecule has 1 saturated carbocycles. The number of aryl methyl sites for hydroxylation is 1. The number of hydrogen-bond acceptors (Lipinski definition) is 0. The average molecular weight is 360 g/mol. The molecule has 0 aliphatic heterocycles. The average Bonchev–Trinajstić information content (AvgIpc) is 2.66. The van der Waals surface area contributed by atoms with Crippen LogP contribution in [0.3, 0.4) is 0 Å². The fraction of sp³-hybridized carbons (Fsp3) is 0.478. The van der Waals surface area contributed by atoms with E-state index in [1.807, 2.05) is 24.3 Å². The summed E-state index contributed by atoms with van der Waals surface area (Å²) in [6.45, 7) is 2.27. The summed E-state index contributed by atoms with van der Waals surface area (Å²) in [7, 11) is 0. The van der Waals surface area contributed by atoms with Crippen LogP contribution in [0.5, 0.6) is 0 Å². The second-order valence-electron chi connectivity index (χ2n) is 7.66. The molecule has 0 spiro atoms. The van der Waals surface area contributed by atoms with E-state index in [9.17, 15) is 13.2 Å². The summed E-state index contributed by atoms with van der Waals surface area (Å²) in [6.07, 6.45) is 10.3. The summed E-state index contributed by atoms with van der Waals surface area (Å²) in [5.41, 5.74) is 2.31. The van der Waals surface area contributed by atoms with Crippen LogP contribution in [0.2, 0.25) is 0 Å². The zero-order chi connectivity index (χ0) is 18.5. The molecular formula is C23H27F3. The molecule has 140 valence electrons. The van der Waals surface area contributed by atoms with E-state index in [0.29, 0.717) is 11.1 Å². The first-order valence-electron chi connectivity index (χ1n) is 9.80. The third kappa shape index (κ3) is 4.69. The van der Waals surface area contributed by atoms with Crippen molar-refractivity contribution in [1.82, 2.24) is 0 Å². The van der Waals surface area contributed by atoms with Crippen LogP contribution in [0, 0.1) is 29.3 Å². The molecule has 26 heavy (non-hydrogen) atoms. The number of hydrogen-bond donors (Lipinski definition) is 0. The molecular weight excluding hydrogens is 333 g/mol. The second kappa shape index (κ2) is 8.75. The standard InChI is InChI=1S/C23H27F3/c1-2-3-16-4-6-17(7-5-16)8-9-18-10-12-19(13-11-18)20-14-21(24)23(26)22(25)15-20/h10-17H,2-9H2,1H3. The Labute approximate surface area is 154 Å². The van der Waals surface area contributed by atoms with Gasteiger partial charge in [0.25, 0.3) is 0 Å². The van der Waals surface area contributed by atoms with Crippen molar-refractivity contribution in [3.8, 4) is 11.1 Å². The third-order valence-electron chi connectivity index (χ3n) is 5.78. The molecule has 3 rings (SSSR count). The molecule has 0 saturated heterocycles. The lowest BCUT2D eigenvalue weighted by molar-refractivity contribution is 0.252. The van der Waals surface area contributed by atoms with Crippen molar-refractivity contribution < 1.29 is 13.2 Å². The summed E-state index contributed by atoms with van der Waals surface area (Å²) in [5.74, 6) is -1.96. The predicted molar refractivity (Wildman–Crippen MR) is 100 cm³/mol. The molecule has 0 atom stereocenters. The number of halogens is 3. The van der Waals surface area contributed by atoms with E-state index in [4.69, 9.17) is 0 Å². The van der Waals surface area contributed by atoms with Crippen molar-refractivity contribution in [2.75, 3.05) is 0 Å². The van der Waals surface area contributed by atoms with E-state index in [1.165, 1.54) is 50.5 Å². The molecule has 1 aliphatic carbocycles. The van der Waals surface area contributed by atoms with Gasteiger partial charge in [-0.05, 0) is 53.5 Å². The molecule has 0 bridgehead atoms. The minimum Gasteiger partial charge on any atom is -0.204 e. The van der Waals surface area contributed by atoms with Crippen LogP contribution < -0.4 is 0 Å². The molecule has 2 aromatic carbocycles. The highest BCUT2D eigenvalue weighted by Crippen LogP contribution is 2.34. The normalized spacial score (nSPS) is 20.3. The lowest BCUT2D eigenvalue weighted by Crippen LogP contribution is -2.15. The Kier molecular flexibility index (Phi) is 6.39. The Morgan fingerprint density at radius 2 is 1.31 bits per heavy atom. The van der Waals surface area contributed by atoms with Crippen molar-refractivity contribution in [3.05, 3.63) is 59.4 Å². The monoisotopic (exact) mass is 360 g/mol. The van der Waals surface area contributed by atoms with Gasteiger partial charge in [0.05, 0.1) is 0 Å². The van der Waals surface area contributed by atoms with E-state index in [2.05, 4.69) is 6.92 Å². The van der Waals surface area contributed by atoms with E-state index < -0.39 is 17.5 Å². The Morgan fingerprint density at radius 3 is 1.85 bits per heavy atom. The third-order valence-corrected chi connectivity index (χ3v) is 5.78. The van der Waals surface area contributed by atoms with Crippen molar-refractivity contribution in [2.24, 2.45) is 11.8 Å². The first-order valence-corrected chi connectivity index (χ1v) is 9.80.